The Morgan fingerprint density at radius 2 is 2.00 bits per heavy atom. The van der Waals surface area contributed by atoms with Gasteiger partial charge in [0.1, 0.15) is 5.56 Å². The molecule has 0 fully saturated rings. The Morgan fingerprint density at radius 1 is 1.18 bits per heavy atom. The Hall–Kier alpha value is -2.21. The molecule has 0 aromatic heterocycles. The first-order valence-electron chi connectivity index (χ1n) is 6.62. The molecule has 2 aromatic rings. The molecule has 1 atom stereocenters. The fraction of sp³-hybridized carbons (Fsp3) is 0.188. The topological polar surface area (TPSA) is 56.8 Å². The fourth-order valence-corrected chi connectivity index (χ4v) is 2.84. The van der Waals surface area contributed by atoms with Crippen LogP contribution in [-0.2, 0) is 4.74 Å². The summed E-state index contributed by atoms with van der Waals surface area (Å²) in [6.45, 7) is 0. The van der Waals surface area contributed by atoms with Crippen molar-refractivity contribution in [2.24, 2.45) is 0 Å². The molecule has 6 heteroatoms. The number of fused-ring (bicyclic) bond motifs is 1. The molecular formula is C16H14BrNO4. The van der Waals surface area contributed by atoms with E-state index in [9.17, 15) is 4.79 Å². The summed E-state index contributed by atoms with van der Waals surface area (Å²) in [5.41, 5.74) is 1.96. The lowest BCUT2D eigenvalue weighted by molar-refractivity contribution is 0.0435. The smallest absolute Gasteiger partial charge is 0.344 e. The van der Waals surface area contributed by atoms with Crippen LogP contribution in [0.1, 0.15) is 22.1 Å². The van der Waals surface area contributed by atoms with Crippen molar-refractivity contribution in [1.82, 2.24) is 0 Å². The van der Waals surface area contributed by atoms with E-state index in [4.69, 9.17) is 14.2 Å². The predicted octanol–water partition coefficient (Wildman–Crippen LogP) is 3.75. The van der Waals surface area contributed by atoms with Crippen molar-refractivity contribution < 1.29 is 19.0 Å². The van der Waals surface area contributed by atoms with Crippen molar-refractivity contribution in [3.05, 3.63) is 52.0 Å². The summed E-state index contributed by atoms with van der Waals surface area (Å²) in [6.07, 6.45) is -0.559. The first-order chi connectivity index (χ1) is 10.6. The number of hydrogen-bond acceptors (Lipinski definition) is 5. The van der Waals surface area contributed by atoms with E-state index in [1.54, 1.807) is 12.1 Å². The van der Waals surface area contributed by atoms with E-state index in [0.29, 0.717) is 17.1 Å². The molecule has 0 spiro atoms. The number of nitrogens with one attached hydrogen (secondary N) is 1. The molecule has 0 radical (unpaired) electrons. The van der Waals surface area contributed by atoms with Crippen LogP contribution < -0.4 is 14.8 Å². The van der Waals surface area contributed by atoms with Gasteiger partial charge >= 0.3 is 5.97 Å². The second-order valence-corrected chi connectivity index (χ2v) is 5.62. The molecule has 22 heavy (non-hydrogen) atoms. The number of benzene rings is 2. The molecule has 1 unspecified atom stereocenters. The Morgan fingerprint density at radius 3 is 2.68 bits per heavy atom. The molecule has 1 aliphatic heterocycles. The Balaban J connectivity index is 1.98. The zero-order chi connectivity index (χ0) is 15.7. The number of ether oxygens (including phenoxy) is 3. The molecule has 0 aliphatic carbocycles. The number of hydrogen-bond donors (Lipinski definition) is 1. The molecule has 0 amide bonds. The van der Waals surface area contributed by atoms with Gasteiger partial charge in [-0.25, -0.2) is 4.79 Å². The molecule has 114 valence electrons. The maximum atomic E-state index is 12.2. The van der Waals surface area contributed by atoms with Crippen LogP contribution in [-0.4, -0.2) is 20.2 Å². The van der Waals surface area contributed by atoms with Gasteiger partial charge in [0.25, 0.3) is 0 Å². The average Bonchev–Trinajstić information content (AvgIpc) is 2.82. The molecule has 3 rings (SSSR count). The van der Waals surface area contributed by atoms with Crippen molar-refractivity contribution in [1.29, 1.82) is 0 Å². The highest BCUT2D eigenvalue weighted by Crippen LogP contribution is 2.42. The Labute approximate surface area is 136 Å². The summed E-state index contributed by atoms with van der Waals surface area (Å²) in [6, 6.07) is 11.2. The van der Waals surface area contributed by atoms with Gasteiger partial charge in [-0.3, -0.25) is 0 Å². The molecule has 0 saturated heterocycles. The van der Waals surface area contributed by atoms with Crippen LogP contribution in [0.25, 0.3) is 0 Å². The number of carbonyl (C=O) groups is 1. The summed E-state index contributed by atoms with van der Waals surface area (Å²) in [4.78, 5) is 12.2. The first-order valence-corrected chi connectivity index (χ1v) is 7.41. The molecule has 0 bridgehead atoms. The second kappa shape index (κ2) is 5.88. The zero-order valence-electron chi connectivity index (χ0n) is 12.1. The number of cyclic esters (lactones) is 1. The third-order valence-corrected chi connectivity index (χ3v) is 3.90. The highest BCUT2D eigenvalue weighted by Gasteiger charge is 2.35. The largest absolute Gasteiger partial charge is 0.493 e. The van der Waals surface area contributed by atoms with E-state index in [-0.39, 0.29) is 0 Å². The molecule has 5 nitrogen and oxygen atoms in total. The highest BCUT2D eigenvalue weighted by molar-refractivity contribution is 9.10. The molecule has 1 aliphatic rings. The lowest BCUT2D eigenvalue weighted by Gasteiger charge is -2.15. The summed E-state index contributed by atoms with van der Waals surface area (Å²) >= 11 is 3.41. The van der Waals surface area contributed by atoms with Gasteiger partial charge in [-0.1, -0.05) is 22.0 Å². The molecule has 1 heterocycles. The third kappa shape index (κ3) is 2.50. The molecule has 2 aromatic carbocycles. The number of carbonyl (C=O) groups excluding carboxylic acids is 1. The van der Waals surface area contributed by atoms with Crippen molar-refractivity contribution in [2.75, 3.05) is 19.5 Å². The van der Waals surface area contributed by atoms with Crippen LogP contribution in [0, 0.1) is 0 Å². The lowest BCUT2D eigenvalue weighted by atomic mass is 10.1. The lowest BCUT2D eigenvalue weighted by Crippen LogP contribution is -2.10. The third-order valence-electron chi connectivity index (χ3n) is 3.41. The Bertz CT molecular complexity index is 732. The minimum absolute atomic E-state index is 0.392. The van der Waals surface area contributed by atoms with E-state index >= 15 is 0 Å². The maximum Gasteiger partial charge on any atom is 0.344 e. The standard InChI is InChI=1S/C16H14BrNO4/c1-20-12-7-6-11-13(14(12)21-2)16(19)22-15(11)18-10-5-3-4-9(17)8-10/h3-8,15,18H,1-2H3. The fourth-order valence-electron chi connectivity index (χ4n) is 2.44. The van der Waals surface area contributed by atoms with Crippen LogP contribution >= 0.6 is 15.9 Å². The second-order valence-electron chi connectivity index (χ2n) is 4.71. The van der Waals surface area contributed by atoms with Crippen LogP contribution in [0.15, 0.2) is 40.9 Å². The van der Waals surface area contributed by atoms with Gasteiger partial charge in [-0.15, -0.1) is 0 Å². The monoisotopic (exact) mass is 363 g/mol. The van der Waals surface area contributed by atoms with Gasteiger partial charge in [0.15, 0.2) is 11.5 Å². The van der Waals surface area contributed by atoms with Crippen LogP contribution in [0.4, 0.5) is 5.69 Å². The van der Waals surface area contributed by atoms with Crippen LogP contribution in [0.3, 0.4) is 0 Å². The van der Waals surface area contributed by atoms with E-state index in [2.05, 4.69) is 21.2 Å². The minimum atomic E-state index is -0.559. The summed E-state index contributed by atoms with van der Waals surface area (Å²) in [5, 5.41) is 3.19. The minimum Gasteiger partial charge on any atom is -0.493 e. The van der Waals surface area contributed by atoms with Crippen LogP contribution in [0.2, 0.25) is 0 Å². The number of methoxy groups -OCH3 is 2. The normalized spacial score (nSPS) is 16.0. The number of rotatable bonds is 4. The highest BCUT2D eigenvalue weighted by atomic mass is 79.9. The van der Waals surface area contributed by atoms with E-state index in [1.165, 1.54) is 14.2 Å². The van der Waals surface area contributed by atoms with Crippen molar-refractivity contribution >= 4 is 27.6 Å². The van der Waals surface area contributed by atoms with Crippen LogP contribution in [0.5, 0.6) is 11.5 Å². The van der Waals surface area contributed by atoms with E-state index in [1.807, 2.05) is 24.3 Å². The van der Waals surface area contributed by atoms with E-state index < -0.39 is 12.2 Å². The predicted molar refractivity (Wildman–Crippen MR) is 85.5 cm³/mol. The average molecular weight is 364 g/mol. The van der Waals surface area contributed by atoms with Gasteiger partial charge in [0.2, 0.25) is 6.23 Å². The van der Waals surface area contributed by atoms with Gasteiger partial charge in [0, 0.05) is 15.7 Å². The van der Waals surface area contributed by atoms with Crippen molar-refractivity contribution in [2.45, 2.75) is 6.23 Å². The summed E-state index contributed by atoms with van der Waals surface area (Å²) in [5.74, 6) is 0.461. The SMILES string of the molecule is COc1ccc2c(c1OC)C(=O)OC2Nc1cccc(Br)c1. The summed E-state index contributed by atoms with van der Waals surface area (Å²) in [7, 11) is 3.03. The summed E-state index contributed by atoms with van der Waals surface area (Å²) < 4.78 is 16.9. The molecular weight excluding hydrogens is 350 g/mol. The Kier molecular flexibility index (Phi) is 3.94. The van der Waals surface area contributed by atoms with Crippen molar-refractivity contribution in [3.8, 4) is 11.5 Å². The van der Waals surface area contributed by atoms with Gasteiger partial charge in [0.05, 0.1) is 14.2 Å². The van der Waals surface area contributed by atoms with Gasteiger partial charge < -0.3 is 19.5 Å². The quantitative estimate of drug-likeness (QED) is 0.838. The molecule has 0 saturated carbocycles. The van der Waals surface area contributed by atoms with Crippen molar-refractivity contribution in [3.63, 3.8) is 0 Å². The first kappa shape index (κ1) is 14.7. The number of anilines is 1. The maximum absolute atomic E-state index is 12.2. The van der Waals surface area contributed by atoms with E-state index in [0.717, 1.165) is 15.7 Å². The molecule has 1 N–H and O–H groups in total. The number of esters is 1. The van der Waals surface area contributed by atoms with Gasteiger partial charge in [-0.2, -0.15) is 0 Å². The number of halogens is 1. The zero-order valence-corrected chi connectivity index (χ0v) is 13.6. The van der Waals surface area contributed by atoms with Gasteiger partial charge in [-0.05, 0) is 30.3 Å².